The molecule has 116 valence electrons. The molecule has 0 bridgehead atoms. The molecule has 4 atom stereocenters. The molecule has 3 rings (SSSR count). The maximum atomic E-state index is 12.6. The Morgan fingerprint density at radius 3 is 3.05 bits per heavy atom. The van der Waals surface area contributed by atoms with Crippen LogP contribution < -0.4 is 0 Å². The zero-order valence-electron chi connectivity index (χ0n) is 12.7. The summed E-state index contributed by atoms with van der Waals surface area (Å²) < 4.78 is 0. The van der Waals surface area contributed by atoms with E-state index < -0.39 is 0 Å². The number of rotatable bonds is 3. The Morgan fingerprint density at radius 2 is 2.29 bits per heavy atom. The van der Waals surface area contributed by atoms with Gasteiger partial charge in [0.05, 0.1) is 12.5 Å². The lowest BCUT2D eigenvalue weighted by Gasteiger charge is -2.39. The summed E-state index contributed by atoms with van der Waals surface area (Å²) >= 11 is 1.65. The molecule has 1 saturated heterocycles. The first-order chi connectivity index (χ1) is 10.1. The van der Waals surface area contributed by atoms with Gasteiger partial charge in [0.1, 0.15) is 0 Å². The number of hydrogen-bond acceptors (Lipinski definition) is 3. The van der Waals surface area contributed by atoms with Gasteiger partial charge >= 0.3 is 0 Å². The molecule has 4 heteroatoms. The number of nitrogens with zero attached hydrogens (tertiary/aromatic N) is 1. The molecule has 0 spiro atoms. The molecule has 2 aliphatic rings. The SMILES string of the molecule is C[C@@H]1CC[C@H](O)[C@H]([C@H]2CCCN2C(=O)Cc2cccs2)C1. The van der Waals surface area contributed by atoms with Crippen molar-refractivity contribution in [2.24, 2.45) is 11.8 Å². The van der Waals surface area contributed by atoms with Crippen molar-refractivity contribution in [1.29, 1.82) is 0 Å². The van der Waals surface area contributed by atoms with Gasteiger partial charge in [0.15, 0.2) is 0 Å². The van der Waals surface area contributed by atoms with E-state index in [4.69, 9.17) is 0 Å². The molecule has 3 nitrogen and oxygen atoms in total. The average molecular weight is 307 g/mol. The fourth-order valence-corrected chi connectivity index (χ4v) is 4.73. The third-order valence-corrected chi connectivity index (χ3v) is 6.02. The van der Waals surface area contributed by atoms with Crippen molar-refractivity contribution in [1.82, 2.24) is 4.90 Å². The van der Waals surface area contributed by atoms with Crippen LogP contribution in [0.3, 0.4) is 0 Å². The van der Waals surface area contributed by atoms with Gasteiger partial charge in [-0.15, -0.1) is 11.3 Å². The molecule has 1 aliphatic carbocycles. The minimum Gasteiger partial charge on any atom is -0.393 e. The van der Waals surface area contributed by atoms with Crippen LogP contribution in [0.2, 0.25) is 0 Å². The second-order valence-electron chi connectivity index (χ2n) is 6.70. The molecule has 21 heavy (non-hydrogen) atoms. The quantitative estimate of drug-likeness (QED) is 0.932. The third kappa shape index (κ3) is 3.32. The number of aliphatic hydroxyl groups is 1. The Bertz CT molecular complexity index is 473. The molecular weight excluding hydrogens is 282 g/mol. The molecule has 0 aromatic carbocycles. The third-order valence-electron chi connectivity index (χ3n) is 5.14. The minimum atomic E-state index is -0.221. The molecule has 0 unspecified atom stereocenters. The standard InChI is InChI=1S/C17H25NO2S/c1-12-6-7-16(19)14(10-12)15-5-2-8-18(15)17(20)11-13-4-3-9-21-13/h3-4,9,12,14-16,19H,2,5-8,10-11H2,1H3/t12-,14+,15-,16+/m1/s1. The van der Waals surface area contributed by atoms with Crippen LogP contribution in [-0.4, -0.2) is 34.6 Å². The first kappa shape index (κ1) is 15.0. The highest BCUT2D eigenvalue weighted by Gasteiger charge is 2.40. The number of thiophene rings is 1. The number of hydrogen-bond donors (Lipinski definition) is 1. The molecule has 1 amide bonds. The first-order valence-electron chi connectivity index (χ1n) is 8.15. The summed E-state index contributed by atoms with van der Waals surface area (Å²) in [6, 6.07) is 4.29. The van der Waals surface area contributed by atoms with Crippen molar-refractivity contribution in [3.63, 3.8) is 0 Å². The number of amides is 1. The van der Waals surface area contributed by atoms with Crippen molar-refractivity contribution in [2.45, 2.75) is 57.6 Å². The Labute approximate surface area is 131 Å². The van der Waals surface area contributed by atoms with Crippen LogP contribution >= 0.6 is 11.3 Å². The molecular formula is C17H25NO2S. The van der Waals surface area contributed by atoms with Gasteiger partial charge < -0.3 is 10.0 Å². The second kappa shape index (κ2) is 6.49. The van der Waals surface area contributed by atoms with Crippen LogP contribution in [0.5, 0.6) is 0 Å². The van der Waals surface area contributed by atoms with E-state index in [-0.39, 0.29) is 24.0 Å². The summed E-state index contributed by atoms with van der Waals surface area (Å²) in [4.78, 5) is 15.8. The predicted octanol–water partition coefficient (Wildman–Crippen LogP) is 3.08. The van der Waals surface area contributed by atoms with Gasteiger partial charge in [0.25, 0.3) is 0 Å². The summed E-state index contributed by atoms with van der Waals surface area (Å²) in [5.41, 5.74) is 0. The fraction of sp³-hybridized carbons (Fsp3) is 0.706. The largest absolute Gasteiger partial charge is 0.393 e. The molecule has 1 aliphatic heterocycles. The van der Waals surface area contributed by atoms with Crippen LogP contribution in [0.1, 0.15) is 43.9 Å². The Kier molecular flexibility index (Phi) is 4.65. The van der Waals surface area contributed by atoms with Crippen molar-refractivity contribution < 1.29 is 9.90 Å². The van der Waals surface area contributed by atoms with Crippen LogP contribution in [0.4, 0.5) is 0 Å². The zero-order chi connectivity index (χ0) is 14.8. The molecule has 2 fully saturated rings. The minimum absolute atomic E-state index is 0.221. The van der Waals surface area contributed by atoms with Crippen molar-refractivity contribution in [2.75, 3.05) is 6.54 Å². The van der Waals surface area contributed by atoms with Gasteiger partial charge in [-0.25, -0.2) is 0 Å². The van der Waals surface area contributed by atoms with E-state index in [1.54, 1.807) is 11.3 Å². The van der Waals surface area contributed by atoms with Gasteiger partial charge in [-0.05, 0) is 49.5 Å². The summed E-state index contributed by atoms with van der Waals surface area (Å²) in [7, 11) is 0. The summed E-state index contributed by atoms with van der Waals surface area (Å²) in [6.07, 6.45) is 5.52. The second-order valence-corrected chi connectivity index (χ2v) is 7.73. The normalized spacial score (nSPS) is 33.3. The van der Waals surface area contributed by atoms with Gasteiger partial charge in [-0.1, -0.05) is 13.0 Å². The van der Waals surface area contributed by atoms with Crippen molar-refractivity contribution >= 4 is 17.2 Å². The lowest BCUT2D eigenvalue weighted by Crippen LogP contribution is -2.46. The molecule has 1 N–H and O–H groups in total. The highest BCUT2D eigenvalue weighted by Crippen LogP contribution is 2.37. The van der Waals surface area contributed by atoms with E-state index in [2.05, 4.69) is 11.8 Å². The topological polar surface area (TPSA) is 40.5 Å². The van der Waals surface area contributed by atoms with Crippen LogP contribution in [0.15, 0.2) is 17.5 Å². The fourth-order valence-electron chi connectivity index (χ4n) is 4.03. The number of carbonyl (C=O) groups is 1. The highest BCUT2D eigenvalue weighted by atomic mass is 32.1. The predicted molar refractivity (Wildman–Crippen MR) is 85.3 cm³/mol. The highest BCUT2D eigenvalue weighted by molar-refractivity contribution is 7.10. The van der Waals surface area contributed by atoms with E-state index in [1.165, 1.54) is 0 Å². The summed E-state index contributed by atoms with van der Waals surface area (Å²) in [5.74, 6) is 1.20. The molecule has 2 heterocycles. The molecule has 1 aromatic heterocycles. The average Bonchev–Trinajstić information content (AvgIpc) is 3.12. The lowest BCUT2D eigenvalue weighted by molar-refractivity contribution is -0.133. The number of likely N-dealkylation sites (tertiary alicyclic amines) is 1. The summed E-state index contributed by atoms with van der Waals surface area (Å²) in [5, 5.41) is 12.4. The van der Waals surface area contributed by atoms with Gasteiger partial charge in [-0.3, -0.25) is 4.79 Å². The van der Waals surface area contributed by atoms with E-state index in [0.29, 0.717) is 12.3 Å². The van der Waals surface area contributed by atoms with E-state index in [1.807, 2.05) is 17.5 Å². The summed E-state index contributed by atoms with van der Waals surface area (Å²) in [6.45, 7) is 3.14. The van der Waals surface area contributed by atoms with E-state index >= 15 is 0 Å². The zero-order valence-corrected chi connectivity index (χ0v) is 13.5. The molecule has 1 aromatic rings. The Hall–Kier alpha value is -0.870. The van der Waals surface area contributed by atoms with E-state index in [9.17, 15) is 9.90 Å². The maximum absolute atomic E-state index is 12.6. The van der Waals surface area contributed by atoms with Crippen LogP contribution in [0, 0.1) is 11.8 Å². The van der Waals surface area contributed by atoms with Crippen LogP contribution in [0.25, 0.3) is 0 Å². The smallest absolute Gasteiger partial charge is 0.228 e. The van der Waals surface area contributed by atoms with Gasteiger partial charge in [-0.2, -0.15) is 0 Å². The molecule has 1 saturated carbocycles. The Morgan fingerprint density at radius 1 is 1.43 bits per heavy atom. The van der Waals surface area contributed by atoms with Crippen molar-refractivity contribution in [3.05, 3.63) is 22.4 Å². The van der Waals surface area contributed by atoms with Crippen LogP contribution in [-0.2, 0) is 11.2 Å². The lowest BCUT2D eigenvalue weighted by atomic mass is 9.76. The molecule has 0 radical (unpaired) electrons. The first-order valence-corrected chi connectivity index (χ1v) is 9.03. The maximum Gasteiger partial charge on any atom is 0.228 e. The van der Waals surface area contributed by atoms with E-state index in [0.717, 1.165) is 43.5 Å². The monoisotopic (exact) mass is 307 g/mol. The number of carbonyl (C=O) groups excluding carboxylic acids is 1. The Balaban J connectivity index is 1.68. The van der Waals surface area contributed by atoms with Gasteiger partial charge in [0.2, 0.25) is 5.91 Å². The van der Waals surface area contributed by atoms with Crippen molar-refractivity contribution in [3.8, 4) is 0 Å². The van der Waals surface area contributed by atoms with Gasteiger partial charge in [0, 0.05) is 23.4 Å². The number of aliphatic hydroxyl groups excluding tert-OH is 1.